The first-order chi connectivity index (χ1) is 10.7. The van der Waals surface area contributed by atoms with Gasteiger partial charge < -0.3 is 10.1 Å². The van der Waals surface area contributed by atoms with Gasteiger partial charge in [-0.15, -0.1) is 0 Å². The number of anilines is 1. The fraction of sp³-hybridized carbons (Fsp3) is 0.176. The van der Waals surface area contributed by atoms with Crippen molar-refractivity contribution in [3.05, 3.63) is 64.1 Å². The van der Waals surface area contributed by atoms with Crippen LogP contribution in [-0.2, 0) is 4.79 Å². The SMILES string of the molecule is O=C1CCCN1c1ccc(Br)cc1C(=NO)c1ccccc1. The Bertz CT molecular complexity index is 729. The lowest BCUT2D eigenvalue weighted by Crippen LogP contribution is -2.26. The first kappa shape index (κ1) is 14.8. The molecule has 0 aliphatic carbocycles. The number of halogens is 1. The van der Waals surface area contributed by atoms with Crippen molar-refractivity contribution in [3.63, 3.8) is 0 Å². The van der Waals surface area contributed by atoms with Crippen LogP contribution < -0.4 is 4.90 Å². The minimum Gasteiger partial charge on any atom is -0.410 e. The van der Waals surface area contributed by atoms with Crippen LogP contribution in [0.5, 0.6) is 0 Å². The maximum Gasteiger partial charge on any atom is 0.227 e. The number of carbonyl (C=O) groups is 1. The third-order valence-electron chi connectivity index (χ3n) is 3.73. The molecule has 22 heavy (non-hydrogen) atoms. The van der Waals surface area contributed by atoms with Crippen molar-refractivity contribution in [1.82, 2.24) is 0 Å². The van der Waals surface area contributed by atoms with E-state index in [-0.39, 0.29) is 5.91 Å². The lowest BCUT2D eigenvalue weighted by molar-refractivity contribution is -0.117. The van der Waals surface area contributed by atoms with E-state index in [4.69, 9.17) is 0 Å². The number of amides is 1. The van der Waals surface area contributed by atoms with Gasteiger partial charge in [0.15, 0.2) is 0 Å². The second-order valence-corrected chi connectivity index (χ2v) is 6.04. The summed E-state index contributed by atoms with van der Waals surface area (Å²) < 4.78 is 0.870. The Morgan fingerprint density at radius 3 is 2.59 bits per heavy atom. The summed E-state index contributed by atoms with van der Waals surface area (Å²) in [5.74, 6) is 0.105. The molecule has 0 spiro atoms. The van der Waals surface area contributed by atoms with Gasteiger partial charge in [-0.1, -0.05) is 51.4 Å². The molecule has 2 aromatic carbocycles. The number of oxime groups is 1. The molecule has 0 aromatic heterocycles. The van der Waals surface area contributed by atoms with Crippen molar-refractivity contribution in [2.45, 2.75) is 12.8 Å². The largest absolute Gasteiger partial charge is 0.410 e. The summed E-state index contributed by atoms with van der Waals surface area (Å²) in [6.45, 7) is 0.695. The highest BCUT2D eigenvalue weighted by Crippen LogP contribution is 2.30. The molecule has 1 amide bonds. The highest BCUT2D eigenvalue weighted by atomic mass is 79.9. The third-order valence-corrected chi connectivity index (χ3v) is 4.22. The molecular weight excluding hydrogens is 344 g/mol. The number of nitrogens with zero attached hydrogens (tertiary/aromatic N) is 2. The molecule has 1 saturated heterocycles. The summed E-state index contributed by atoms with van der Waals surface area (Å²) >= 11 is 3.45. The number of rotatable bonds is 3. The Kier molecular flexibility index (Phi) is 4.24. The van der Waals surface area contributed by atoms with E-state index in [0.717, 1.165) is 27.7 Å². The summed E-state index contributed by atoms with van der Waals surface area (Å²) in [5.41, 5.74) is 2.77. The zero-order valence-electron chi connectivity index (χ0n) is 11.9. The van der Waals surface area contributed by atoms with E-state index in [1.807, 2.05) is 48.5 Å². The molecule has 1 fully saturated rings. The Morgan fingerprint density at radius 1 is 1.18 bits per heavy atom. The number of hydrogen-bond donors (Lipinski definition) is 1. The summed E-state index contributed by atoms with van der Waals surface area (Å²) in [6, 6.07) is 15.1. The average molecular weight is 359 g/mol. The molecule has 5 heteroatoms. The average Bonchev–Trinajstić information content (AvgIpc) is 2.95. The quantitative estimate of drug-likeness (QED) is 0.515. The van der Waals surface area contributed by atoms with Crippen LogP contribution in [0.15, 0.2) is 58.2 Å². The Morgan fingerprint density at radius 2 is 1.95 bits per heavy atom. The van der Waals surface area contributed by atoms with Crippen LogP contribution in [0.3, 0.4) is 0 Å². The molecule has 0 bridgehead atoms. The number of carbonyl (C=O) groups excluding carboxylic acids is 1. The van der Waals surface area contributed by atoms with Crippen molar-refractivity contribution in [2.75, 3.05) is 11.4 Å². The van der Waals surface area contributed by atoms with Crippen molar-refractivity contribution in [3.8, 4) is 0 Å². The fourth-order valence-electron chi connectivity index (χ4n) is 2.70. The molecule has 4 nitrogen and oxygen atoms in total. The Labute approximate surface area is 137 Å². The van der Waals surface area contributed by atoms with Gasteiger partial charge in [-0.2, -0.15) is 0 Å². The van der Waals surface area contributed by atoms with E-state index in [2.05, 4.69) is 21.1 Å². The molecule has 3 rings (SSSR count). The van der Waals surface area contributed by atoms with Gasteiger partial charge in [0.05, 0.1) is 5.69 Å². The van der Waals surface area contributed by atoms with Crippen LogP contribution in [0.25, 0.3) is 0 Å². The lowest BCUT2D eigenvalue weighted by atomic mass is 10.00. The van der Waals surface area contributed by atoms with E-state index in [1.54, 1.807) is 4.90 Å². The van der Waals surface area contributed by atoms with Crippen molar-refractivity contribution in [1.29, 1.82) is 0 Å². The standard InChI is InChI=1S/C17H15BrN2O2/c18-13-8-9-15(20-10-4-7-16(20)21)14(11-13)17(19-22)12-5-2-1-3-6-12/h1-3,5-6,8-9,11,22H,4,7,10H2. The second-order valence-electron chi connectivity index (χ2n) is 5.13. The van der Waals surface area contributed by atoms with Gasteiger partial charge in [0, 0.05) is 28.6 Å². The Hall–Kier alpha value is -2.14. The van der Waals surface area contributed by atoms with Gasteiger partial charge in [-0.3, -0.25) is 4.79 Å². The zero-order chi connectivity index (χ0) is 15.5. The normalized spacial score (nSPS) is 15.4. The van der Waals surface area contributed by atoms with Crippen LogP contribution in [0.4, 0.5) is 5.69 Å². The molecule has 112 valence electrons. The summed E-state index contributed by atoms with van der Waals surface area (Å²) in [6.07, 6.45) is 1.41. The van der Waals surface area contributed by atoms with Crippen LogP contribution in [0, 0.1) is 0 Å². The predicted octanol–water partition coefficient (Wildman–Crippen LogP) is 3.80. The monoisotopic (exact) mass is 358 g/mol. The van der Waals surface area contributed by atoms with E-state index in [1.165, 1.54) is 0 Å². The van der Waals surface area contributed by atoms with Crippen LogP contribution in [-0.4, -0.2) is 23.4 Å². The lowest BCUT2D eigenvalue weighted by Gasteiger charge is -2.20. The zero-order valence-corrected chi connectivity index (χ0v) is 13.5. The topological polar surface area (TPSA) is 52.9 Å². The molecule has 1 heterocycles. The maximum absolute atomic E-state index is 12.1. The molecule has 0 unspecified atom stereocenters. The fourth-order valence-corrected chi connectivity index (χ4v) is 3.06. The van der Waals surface area contributed by atoms with Gasteiger partial charge in [0.1, 0.15) is 5.71 Å². The first-order valence-electron chi connectivity index (χ1n) is 7.08. The van der Waals surface area contributed by atoms with E-state index >= 15 is 0 Å². The molecule has 2 aromatic rings. The van der Waals surface area contributed by atoms with Crippen molar-refractivity contribution >= 4 is 33.2 Å². The van der Waals surface area contributed by atoms with Crippen molar-refractivity contribution in [2.24, 2.45) is 5.16 Å². The molecule has 1 aliphatic heterocycles. The number of hydrogen-bond acceptors (Lipinski definition) is 3. The highest BCUT2D eigenvalue weighted by Gasteiger charge is 2.25. The molecule has 1 aliphatic rings. The van der Waals surface area contributed by atoms with Crippen LogP contribution in [0.2, 0.25) is 0 Å². The van der Waals surface area contributed by atoms with Crippen LogP contribution in [0.1, 0.15) is 24.0 Å². The van der Waals surface area contributed by atoms with E-state index in [9.17, 15) is 10.0 Å². The first-order valence-corrected chi connectivity index (χ1v) is 7.88. The summed E-state index contributed by atoms with van der Waals surface area (Å²) in [5, 5.41) is 13.0. The van der Waals surface area contributed by atoms with Gasteiger partial charge in [0.25, 0.3) is 0 Å². The molecule has 0 atom stereocenters. The van der Waals surface area contributed by atoms with Gasteiger partial charge in [0.2, 0.25) is 5.91 Å². The Balaban J connectivity index is 2.13. The molecule has 0 radical (unpaired) electrons. The molecule has 1 N–H and O–H groups in total. The minimum atomic E-state index is 0.105. The summed E-state index contributed by atoms with van der Waals surface area (Å²) in [4.78, 5) is 13.8. The minimum absolute atomic E-state index is 0.105. The van der Waals surface area contributed by atoms with E-state index in [0.29, 0.717) is 18.7 Å². The second kappa shape index (κ2) is 6.32. The summed E-state index contributed by atoms with van der Waals surface area (Å²) in [7, 11) is 0. The van der Waals surface area contributed by atoms with Gasteiger partial charge in [-0.05, 0) is 24.6 Å². The smallest absolute Gasteiger partial charge is 0.227 e. The maximum atomic E-state index is 12.1. The van der Waals surface area contributed by atoms with Crippen LogP contribution >= 0.6 is 15.9 Å². The molecule has 0 saturated carbocycles. The van der Waals surface area contributed by atoms with Crippen molar-refractivity contribution < 1.29 is 10.0 Å². The van der Waals surface area contributed by atoms with E-state index < -0.39 is 0 Å². The molecular formula is C17H15BrN2O2. The van der Waals surface area contributed by atoms with Gasteiger partial charge in [-0.25, -0.2) is 0 Å². The highest BCUT2D eigenvalue weighted by molar-refractivity contribution is 9.10. The third kappa shape index (κ3) is 2.76. The van der Waals surface area contributed by atoms with Gasteiger partial charge >= 0.3 is 0 Å². The predicted molar refractivity (Wildman–Crippen MR) is 89.6 cm³/mol. The number of benzene rings is 2.